The van der Waals surface area contributed by atoms with Crippen molar-refractivity contribution in [2.45, 2.75) is 23.6 Å². The van der Waals surface area contributed by atoms with Crippen LogP contribution in [0.5, 0.6) is 0 Å². The van der Waals surface area contributed by atoms with Gasteiger partial charge in [-0.05, 0) is 24.3 Å². The highest BCUT2D eigenvalue weighted by Gasteiger charge is 2.31. The minimum Gasteiger partial charge on any atom is -0.324 e. The third-order valence-corrected chi connectivity index (χ3v) is 8.46. The first-order valence-corrected chi connectivity index (χ1v) is 12.7. The Balaban J connectivity index is 1.55. The van der Waals surface area contributed by atoms with Crippen LogP contribution in [-0.4, -0.2) is 73.6 Å². The van der Waals surface area contributed by atoms with E-state index in [1.807, 2.05) is 73.3 Å². The van der Waals surface area contributed by atoms with Gasteiger partial charge in [-0.25, -0.2) is 0 Å². The minimum atomic E-state index is -3.42. The monoisotopic (exact) mass is 462 g/mol. The predicted molar refractivity (Wildman–Crippen MR) is 125 cm³/mol. The summed E-state index contributed by atoms with van der Waals surface area (Å²) in [5.41, 5.74) is 0.782. The number of nitrogens with one attached hydrogen (secondary N) is 1. The Kier molecular flexibility index (Phi) is 8.50. The molecule has 0 radical (unpaired) electrons. The first-order valence-electron chi connectivity index (χ1n) is 10.5. The van der Waals surface area contributed by atoms with E-state index in [-0.39, 0.29) is 12.5 Å². The maximum atomic E-state index is 12.7. The third kappa shape index (κ3) is 6.30. The normalized spacial score (nSPS) is 15.8. The van der Waals surface area contributed by atoms with Gasteiger partial charge in [0, 0.05) is 49.1 Å². The number of rotatable bonds is 9. The van der Waals surface area contributed by atoms with Crippen LogP contribution in [0.3, 0.4) is 0 Å². The van der Waals surface area contributed by atoms with E-state index < -0.39 is 10.2 Å². The molecule has 0 atom stereocenters. The van der Waals surface area contributed by atoms with E-state index in [9.17, 15) is 13.2 Å². The quantitative estimate of drug-likeness (QED) is 0.620. The molecule has 9 heteroatoms. The molecule has 7 nitrogen and oxygen atoms in total. The highest BCUT2D eigenvalue weighted by atomic mass is 32.2. The lowest BCUT2D eigenvalue weighted by Crippen LogP contribution is -2.54. The molecule has 0 spiro atoms. The summed E-state index contributed by atoms with van der Waals surface area (Å²) in [6.07, 6.45) is 0. The van der Waals surface area contributed by atoms with Gasteiger partial charge in [0.1, 0.15) is 0 Å². The van der Waals surface area contributed by atoms with Gasteiger partial charge in [-0.15, -0.1) is 0 Å². The van der Waals surface area contributed by atoms with Gasteiger partial charge in [-0.3, -0.25) is 9.69 Å². The molecule has 3 rings (SSSR count). The van der Waals surface area contributed by atoms with Crippen molar-refractivity contribution in [3.8, 4) is 0 Å². The van der Waals surface area contributed by atoms with Gasteiger partial charge >= 0.3 is 0 Å². The summed E-state index contributed by atoms with van der Waals surface area (Å²) in [5.74, 6) is -0.0961. The Morgan fingerprint density at radius 2 is 1.58 bits per heavy atom. The first-order chi connectivity index (χ1) is 14.9. The van der Waals surface area contributed by atoms with Crippen LogP contribution in [-0.2, 0) is 15.0 Å². The lowest BCUT2D eigenvalue weighted by atomic mass is 10.3. The summed E-state index contributed by atoms with van der Waals surface area (Å²) >= 11 is 1.61. The van der Waals surface area contributed by atoms with Crippen LogP contribution in [0.15, 0.2) is 64.4 Å². The second-order valence-corrected chi connectivity index (χ2v) is 10.3. The number of hydrogen-bond donors (Lipinski definition) is 1. The number of para-hydroxylation sites is 1. The number of nitrogens with zero attached hydrogens (tertiary/aromatic N) is 3. The third-order valence-electron chi connectivity index (χ3n) is 5.19. The smallest absolute Gasteiger partial charge is 0.282 e. The fraction of sp³-hybridized carbons (Fsp3) is 0.409. The molecule has 2 aromatic carbocycles. The van der Waals surface area contributed by atoms with Crippen LogP contribution in [0.2, 0.25) is 0 Å². The molecule has 2 aromatic rings. The van der Waals surface area contributed by atoms with Crippen LogP contribution in [0.1, 0.15) is 13.8 Å². The molecule has 168 valence electrons. The van der Waals surface area contributed by atoms with Crippen molar-refractivity contribution in [1.82, 2.24) is 13.5 Å². The second-order valence-electron chi connectivity index (χ2n) is 7.23. The van der Waals surface area contributed by atoms with Crippen molar-refractivity contribution < 1.29 is 13.2 Å². The van der Waals surface area contributed by atoms with E-state index >= 15 is 0 Å². The molecule has 1 amide bonds. The Morgan fingerprint density at radius 3 is 2.23 bits per heavy atom. The zero-order valence-electron chi connectivity index (χ0n) is 18.0. The summed E-state index contributed by atoms with van der Waals surface area (Å²) < 4.78 is 28.3. The average molecular weight is 463 g/mol. The topological polar surface area (TPSA) is 73.0 Å². The van der Waals surface area contributed by atoms with E-state index in [1.54, 1.807) is 11.8 Å². The Hall–Kier alpha value is -1.91. The molecule has 0 unspecified atom stereocenters. The number of carbonyl (C=O) groups excluding carboxylic acids is 1. The molecule has 1 N–H and O–H groups in total. The first kappa shape index (κ1) is 23.7. The number of carbonyl (C=O) groups is 1. The zero-order chi connectivity index (χ0) is 22.3. The molecule has 0 aromatic heterocycles. The summed E-state index contributed by atoms with van der Waals surface area (Å²) in [6.45, 7) is 6.71. The van der Waals surface area contributed by atoms with Gasteiger partial charge in [0.25, 0.3) is 10.2 Å². The van der Waals surface area contributed by atoms with Gasteiger partial charge in [0.2, 0.25) is 5.91 Å². The van der Waals surface area contributed by atoms with Gasteiger partial charge in [0.05, 0.1) is 12.2 Å². The average Bonchev–Trinajstić information content (AvgIpc) is 2.77. The summed E-state index contributed by atoms with van der Waals surface area (Å²) in [7, 11) is -3.42. The largest absolute Gasteiger partial charge is 0.324 e. The fourth-order valence-corrected chi connectivity index (χ4v) is 6.03. The lowest BCUT2D eigenvalue weighted by molar-refractivity contribution is -0.117. The number of benzene rings is 2. The van der Waals surface area contributed by atoms with Crippen molar-refractivity contribution in [2.75, 3.05) is 51.1 Å². The van der Waals surface area contributed by atoms with Crippen LogP contribution >= 0.6 is 11.8 Å². The molecule has 1 aliphatic heterocycles. The maximum absolute atomic E-state index is 12.7. The SMILES string of the molecule is CCN(CC)S(=O)(=O)N1CCN(CC(=O)Nc2ccccc2Sc2ccccc2)CC1. The summed E-state index contributed by atoms with van der Waals surface area (Å²) in [4.78, 5) is 16.7. The van der Waals surface area contributed by atoms with E-state index in [1.165, 1.54) is 8.61 Å². The minimum absolute atomic E-state index is 0.0961. The Morgan fingerprint density at radius 1 is 0.968 bits per heavy atom. The molecule has 1 saturated heterocycles. The predicted octanol–water partition coefficient (Wildman–Crippen LogP) is 2.98. The van der Waals surface area contributed by atoms with Gasteiger partial charge < -0.3 is 5.32 Å². The van der Waals surface area contributed by atoms with E-state index in [0.29, 0.717) is 39.3 Å². The van der Waals surface area contributed by atoms with Crippen molar-refractivity contribution in [2.24, 2.45) is 0 Å². The van der Waals surface area contributed by atoms with Crippen LogP contribution in [0, 0.1) is 0 Å². The van der Waals surface area contributed by atoms with Crippen LogP contribution in [0.4, 0.5) is 5.69 Å². The number of piperazine rings is 1. The highest BCUT2D eigenvalue weighted by molar-refractivity contribution is 7.99. The number of anilines is 1. The summed E-state index contributed by atoms with van der Waals surface area (Å²) in [5, 5.41) is 3.01. The molecular formula is C22H30N4O3S2. The molecular weight excluding hydrogens is 432 g/mol. The molecule has 1 fully saturated rings. The van der Waals surface area contributed by atoms with E-state index in [4.69, 9.17) is 0 Å². The lowest BCUT2D eigenvalue weighted by Gasteiger charge is -2.35. The standard InChI is InChI=1S/C22H30N4O3S2/c1-3-25(4-2)31(28,29)26-16-14-24(15-17-26)18-22(27)23-20-12-8-9-13-21(20)30-19-10-6-5-7-11-19/h5-13H,3-4,14-18H2,1-2H3,(H,23,27). The molecule has 0 aliphatic carbocycles. The number of hydrogen-bond acceptors (Lipinski definition) is 5. The van der Waals surface area contributed by atoms with Crippen molar-refractivity contribution in [3.63, 3.8) is 0 Å². The maximum Gasteiger partial charge on any atom is 0.282 e. The van der Waals surface area contributed by atoms with Crippen molar-refractivity contribution >= 4 is 33.6 Å². The molecule has 0 bridgehead atoms. The molecule has 1 aliphatic rings. The van der Waals surface area contributed by atoms with Gasteiger partial charge in [-0.1, -0.05) is 55.9 Å². The van der Waals surface area contributed by atoms with E-state index in [0.717, 1.165) is 15.5 Å². The fourth-order valence-electron chi connectivity index (χ4n) is 3.50. The van der Waals surface area contributed by atoms with E-state index in [2.05, 4.69) is 5.32 Å². The van der Waals surface area contributed by atoms with Crippen molar-refractivity contribution in [1.29, 1.82) is 0 Å². The number of amides is 1. The molecule has 31 heavy (non-hydrogen) atoms. The molecule has 0 saturated carbocycles. The Bertz CT molecular complexity index is 958. The van der Waals surface area contributed by atoms with Gasteiger partial charge in [0.15, 0.2) is 0 Å². The van der Waals surface area contributed by atoms with Crippen LogP contribution in [0.25, 0.3) is 0 Å². The molecule has 1 heterocycles. The zero-order valence-corrected chi connectivity index (χ0v) is 19.7. The Labute approximate surface area is 189 Å². The summed E-state index contributed by atoms with van der Waals surface area (Å²) in [6, 6.07) is 17.8. The highest BCUT2D eigenvalue weighted by Crippen LogP contribution is 2.33. The van der Waals surface area contributed by atoms with Crippen molar-refractivity contribution in [3.05, 3.63) is 54.6 Å². The second kappa shape index (κ2) is 11.1. The van der Waals surface area contributed by atoms with Gasteiger partial charge in [-0.2, -0.15) is 17.0 Å². The van der Waals surface area contributed by atoms with Crippen LogP contribution < -0.4 is 5.32 Å².